The zero-order valence-corrected chi connectivity index (χ0v) is 14.1. The van der Waals surface area contributed by atoms with Crippen LogP contribution in [0.4, 0.5) is 0 Å². The van der Waals surface area contributed by atoms with Crippen molar-refractivity contribution in [3.8, 4) is 6.07 Å². The van der Waals surface area contributed by atoms with E-state index < -0.39 is 15.7 Å². The Morgan fingerprint density at radius 1 is 1.13 bits per heavy atom. The van der Waals surface area contributed by atoms with Gasteiger partial charge in [0.1, 0.15) is 0 Å². The van der Waals surface area contributed by atoms with Crippen LogP contribution < -0.4 is 0 Å². The third-order valence-corrected chi connectivity index (χ3v) is 7.41. The Bertz CT molecular complexity index is 762. The Kier molecular flexibility index (Phi) is 3.33. The smallest absolute Gasteiger partial charge is 0.244 e. The van der Waals surface area contributed by atoms with Crippen LogP contribution in [0.25, 0.3) is 0 Å². The van der Waals surface area contributed by atoms with Gasteiger partial charge in [0, 0.05) is 5.92 Å². The highest BCUT2D eigenvalue weighted by atomic mass is 32.2. The van der Waals surface area contributed by atoms with E-state index >= 15 is 0 Å². The van der Waals surface area contributed by atoms with E-state index in [0.717, 1.165) is 31.2 Å². The van der Waals surface area contributed by atoms with Crippen molar-refractivity contribution in [2.24, 2.45) is 23.7 Å². The second kappa shape index (κ2) is 5.06. The van der Waals surface area contributed by atoms with Crippen LogP contribution in [-0.2, 0) is 14.3 Å². The molecule has 0 aromatic heterocycles. The number of nitrogens with zero attached hydrogens (tertiary/aromatic N) is 1. The predicted octanol–water partition coefficient (Wildman–Crippen LogP) is 3.42. The molecule has 5 atom stereocenters. The molecule has 0 saturated heterocycles. The number of hydrogen-bond donors (Lipinski definition) is 0. The topological polar surface area (TPSA) is 67.2 Å². The van der Waals surface area contributed by atoms with Crippen LogP contribution >= 0.6 is 0 Å². The van der Waals surface area contributed by atoms with E-state index in [2.05, 4.69) is 6.07 Å². The van der Waals surface area contributed by atoms with Crippen molar-refractivity contribution < 1.29 is 12.6 Å². The van der Waals surface area contributed by atoms with Gasteiger partial charge in [0.25, 0.3) is 10.1 Å². The Morgan fingerprint density at radius 2 is 1.83 bits per heavy atom. The summed E-state index contributed by atoms with van der Waals surface area (Å²) in [6.07, 6.45) is 4.91. The predicted molar refractivity (Wildman–Crippen MR) is 84.8 cm³/mol. The van der Waals surface area contributed by atoms with E-state index in [1.807, 2.05) is 6.92 Å². The summed E-state index contributed by atoms with van der Waals surface area (Å²) in [7, 11) is -3.91. The van der Waals surface area contributed by atoms with Gasteiger partial charge in [-0.2, -0.15) is 13.7 Å². The molecule has 3 aliphatic rings. The molecule has 0 spiro atoms. The first-order valence-corrected chi connectivity index (χ1v) is 9.76. The number of aryl methyl sites for hydroxylation is 1. The van der Waals surface area contributed by atoms with Crippen LogP contribution in [0.15, 0.2) is 29.2 Å². The first kappa shape index (κ1) is 15.2. The molecule has 4 rings (SSSR count). The van der Waals surface area contributed by atoms with Crippen molar-refractivity contribution in [2.45, 2.75) is 49.5 Å². The van der Waals surface area contributed by atoms with Crippen LogP contribution in [-0.4, -0.2) is 14.0 Å². The lowest BCUT2D eigenvalue weighted by Gasteiger charge is -2.43. The molecule has 0 N–H and O–H groups in total. The first-order chi connectivity index (χ1) is 10.9. The SMILES string of the molecule is Cc1ccc(S(=O)(=O)[18O][C@@]2(C#N)C[C@H]3C[C@@H]4C[C@H](C3)[C@@H]2C4)cc1. The number of rotatable bonds is 3. The van der Waals surface area contributed by atoms with Gasteiger partial charge in [0.2, 0.25) is 0 Å². The Balaban J connectivity index is 1.68. The first-order valence-electron chi connectivity index (χ1n) is 8.35. The summed E-state index contributed by atoms with van der Waals surface area (Å²) in [5.41, 5.74) is -0.170. The molecule has 3 saturated carbocycles. The number of fused-ring (bicyclic) bond motifs is 2. The van der Waals surface area contributed by atoms with Gasteiger partial charge >= 0.3 is 0 Å². The maximum absolute atomic E-state index is 12.7. The molecule has 4 nitrogen and oxygen atoms in total. The summed E-state index contributed by atoms with van der Waals surface area (Å²) in [5.74, 6) is 1.62. The van der Waals surface area contributed by atoms with Gasteiger partial charge in [-0.05, 0) is 68.9 Å². The maximum Gasteiger partial charge on any atom is 0.298 e. The zero-order valence-electron chi connectivity index (χ0n) is 13.2. The summed E-state index contributed by atoms with van der Waals surface area (Å²) >= 11 is 0. The summed E-state index contributed by atoms with van der Waals surface area (Å²) in [4.78, 5) is 0.144. The fraction of sp³-hybridized carbons (Fsp3) is 0.611. The fourth-order valence-electron chi connectivity index (χ4n) is 5.20. The monoisotopic (exact) mass is 333 g/mol. The van der Waals surface area contributed by atoms with E-state index in [9.17, 15) is 13.7 Å². The van der Waals surface area contributed by atoms with Crippen molar-refractivity contribution in [1.29, 1.82) is 5.26 Å². The number of benzene rings is 1. The average Bonchev–Trinajstić information content (AvgIpc) is 2.75. The van der Waals surface area contributed by atoms with E-state index in [0.29, 0.717) is 24.2 Å². The summed E-state index contributed by atoms with van der Waals surface area (Å²) in [6, 6.07) is 8.91. The summed E-state index contributed by atoms with van der Waals surface area (Å²) < 4.78 is 31.1. The van der Waals surface area contributed by atoms with Crippen LogP contribution in [0.1, 0.15) is 37.7 Å². The van der Waals surface area contributed by atoms with Crippen molar-refractivity contribution in [1.82, 2.24) is 0 Å². The molecule has 122 valence electrons. The molecule has 3 aliphatic carbocycles. The minimum atomic E-state index is -3.91. The number of nitriles is 1. The normalized spacial score (nSPS) is 38.4. The molecule has 23 heavy (non-hydrogen) atoms. The zero-order chi connectivity index (χ0) is 16.2. The number of hydrogen-bond acceptors (Lipinski definition) is 4. The third-order valence-electron chi connectivity index (χ3n) is 6.04. The van der Waals surface area contributed by atoms with Gasteiger partial charge in [0.05, 0.1) is 11.0 Å². The van der Waals surface area contributed by atoms with Crippen LogP contribution in [0, 0.1) is 41.9 Å². The van der Waals surface area contributed by atoms with Gasteiger partial charge in [-0.15, -0.1) is 0 Å². The molecule has 5 heteroatoms. The summed E-state index contributed by atoms with van der Waals surface area (Å²) in [6.45, 7) is 1.91. The lowest BCUT2D eigenvalue weighted by atomic mass is 9.66. The highest BCUT2D eigenvalue weighted by Crippen LogP contribution is 2.60. The average molecular weight is 333 g/mol. The fourth-order valence-corrected chi connectivity index (χ4v) is 6.38. The van der Waals surface area contributed by atoms with Crippen molar-refractivity contribution in [3.63, 3.8) is 0 Å². The Hall–Kier alpha value is -1.38. The Morgan fingerprint density at radius 3 is 2.52 bits per heavy atom. The molecule has 0 amide bonds. The minimum Gasteiger partial charge on any atom is -0.244 e. The maximum atomic E-state index is 12.7. The molecule has 1 aromatic carbocycles. The lowest BCUT2D eigenvalue weighted by Crippen LogP contribution is -2.48. The van der Waals surface area contributed by atoms with Gasteiger partial charge in [-0.3, -0.25) is 0 Å². The molecular weight excluding hydrogens is 312 g/mol. The lowest BCUT2D eigenvalue weighted by molar-refractivity contribution is -0.0121. The molecule has 0 radical (unpaired) electrons. The van der Waals surface area contributed by atoms with Gasteiger partial charge < -0.3 is 0 Å². The molecule has 1 aromatic rings. The summed E-state index contributed by atoms with van der Waals surface area (Å²) in [5, 5.41) is 9.84. The highest BCUT2D eigenvalue weighted by molar-refractivity contribution is 7.86. The molecular formula is C18H21NO3S. The van der Waals surface area contributed by atoms with E-state index in [4.69, 9.17) is 4.18 Å². The van der Waals surface area contributed by atoms with Crippen molar-refractivity contribution >= 4 is 10.1 Å². The third kappa shape index (κ3) is 2.40. The standard InChI is InChI=1S/C18H21NO3S/c1-12-2-4-16(5-3-12)23(20,21)22-18(11-19)10-14-6-13-7-15(8-14)17(18)9-13/h2-5,13-15,17H,6-10H2,1H3/t13-,14+,15-,17+,18-/m1/s1/i22+2. The quantitative estimate of drug-likeness (QED) is 0.628. The van der Waals surface area contributed by atoms with Crippen molar-refractivity contribution in [3.05, 3.63) is 29.8 Å². The van der Waals surface area contributed by atoms with Gasteiger partial charge in [0.15, 0.2) is 5.60 Å². The molecule has 3 bridgehead atoms. The van der Waals surface area contributed by atoms with Crippen LogP contribution in [0.2, 0.25) is 0 Å². The van der Waals surface area contributed by atoms with Crippen LogP contribution in [0.5, 0.6) is 0 Å². The largest absolute Gasteiger partial charge is 0.298 e. The minimum absolute atomic E-state index is 0.0662. The van der Waals surface area contributed by atoms with Gasteiger partial charge in [-0.1, -0.05) is 17.7 Å². The second-order valence-electron chi connectivity index (χ2n) is 7.60. The Labute approximate surface area is 137 Å². The van der Waals surface area contributed by atoms with E-state index in [1.165, 1.54) is 0 Å². The van der Waals surface area contributed by atoms with Crippen molar-refractivity contribution in [2.75, 3.05) is 0 Å². The van der Waals surface area contributed by atoms with E-state index in [1.54, 1.807) is 24.3 Å². The highest BCUT2D eigenvalue weighted by Gasteiger charge is 2.59. The molecule has 0 aliphatic heterocycles. The van der Waals surface area contributed by atoms with Gasteiger partial charge in [-0.25, -0.2) is 4.18 Å². The molecule has 0 unspecified atom stereocenters. The van der Waals surface area contributed by atoms with Crippen LogP contribution in [0.3, 0.4) is 0 Å². The molecule has 3 fully saturated rings. The molecule has 0 heterocycles. The van der Waals surface area contributed by atoms with E-state index in [-0.39, 0.29) is 10.8 Å². The second-order valence-corrected chi connectivity index (χ2v) is 9.14.